The van der Waals surface area contributed by atoms with Gasteiger partial charge in [0.2, 0.25) is 0 Å². The highest BCUT2D eigenvalue weighted by Crippen LogP contribution is 2.33. The standard InChI is InChI=1S/C26H30N8O10S2.C2HF3O2/c1-26(2)20(23(36)34(26)44-46(39,40)41)31-22(35)19(17-12-45-25(27)30-17)32-43-18(24(37)38)11-42-15-4-5-16-13(8-15)6-7-33(3)21(16)29-14-9-28-10-14;3-2(4,5)1(6)7/h4-8,12,14,18,20,28H,9-11H2,1-3H3,(H5,27,30,31,35,37,38,39,40,41);(H,6,7). The number of nitrogens with two attached hydrogens (primary N) is 1. The zero-order valence-electron chi connectivity index (χ0n) is 27.6. The van der Waals surface area contributed by atoms with E-state index >= 15 is 0 Å². The van der Waals surface area contributed by atoms with Gasteiger partial charge in [-0.15, -0.1) is 15.6 Å². The van der Waals surface area contributed by atoms with E-state index in [9.17, 15) is 41.1 Å². The number of nitrogen functional groups attached to an aromatic ring is 1. The Morgan fingerprint density at radius 1 is 1.28 bits per heavy atom. The van der Waals surface area contributed by atoms with Gasteiger partial charge < -0.3 is 40.9 Å². The van der Waals surface area contributed by atoms with Gasteiger partial charge in [-0.25, -0.2) is 14.3 Å². The van der Waals surface area contributed by atoms with E-state index in [4.69, 9.17) is 29.8 Å². The lowest BCUT2D eigenvalue weighted by Gasteiger charge is -2.50. The molecule has 3 aromatic rings. The van der Waals surface area contributed by atoms with Gasteiger partial charge in [0.15, 0.2) is 10.8 Å². The summed E-state index contributed by atoms with van der Waals surface area (Å²) < 4.78 is 74.7. The van der Waals surface area contributed by atoms with Crippen molar-refractivity contribution in [2.45, 2.75) is 43.8 Å². The second-order valence-electron chi connectivity index (χ2n) is 11.8. The van der Waals surface area contributed by atoms with E-state index in [1.54, 1.807) is 12.1 Å². The van der Waals surface area contributed by atoms with E-state index in [2.05, 4.69) is 30.4 Å². The number of ether oxygens (including phenoxy) is 1. The van der Waals surface area contributed by atoms with Crippen LogP contribution in [0.1, 0.15) is 19.5 Å². The molecule has 2 fully saturated rings. The van der Waals surface area contributed by atoms with Crippen LogP contribution < -0.4 is 36.1 Å². The van der Waals surface area contributed by atoms with Gasteiger partial charge in [0.25, 0.3) is 23.7 Å². The van der Waals surface area contributed by atoms with E-state index in [0.717, 1.165) is 41.0 Å². The lowest BCUT2D eigenvalue weighted by molar-refractivity contribution is -0.656. The summed E-state index contributed by atoms with van der Waals surface area (Å²) in [5.74, 6) is -5.16. The Kier molecular flexibility index (Phi) is 12.0. The first-order valence-corrected chi connectivity index (χ1v) is 17.1. The molecule has 2 atom stereocenters. The van der Waals surface area contributed by atoms with Crippen LogP contribution in [-0.2, 0) is 45.7 Å². The quantitative estimate of drug-likeness (QED) is 0.0377. The number of amides is 2. The SMILES string of the molecule is C[n+]1ccc2cc(OCC(ON=C(C(=O)NC3C(=O)N(OS(=O)(=O)O)C3(C)C)c3csc(N)n3)C(=O)O)ccc2c1NC1CNC1.O=C([O-])C(F)(F)F. The largest absolute Gasteiger partial charge is 0.542 e. The highest BCUT2D eigenvalue weighted by molar-refractivity contribution is 7.80. The molecular weight excluding hydrogens is 761 g/mol. The number of aryl methyl sites for hydroxylation is 1. The number of carboxylic acids is 2. The molecule has 2 aromatic heterocycles. The molecule has 5 rings (SSSR count). The molecule has 0 bridgehead atoms. The van der Waals surface area contributed by atoms with Crippen molar-refractivity contribution in [2.24, 2.45) is 12.2 Å². The van der Waals surface area contributed by atoms with Crippen LogP contribution in [0.2, 0.25) is 0 Å². The van der Waals surface area contributed by atoms with E-state index in [1.165, 1.54) is 19.2 Å². The fraction of sp³-hybridized carbons (Fsp3) is 0.393. The molecule has 2 aliphatic heterocycles. The highest BCUT2D eigenvalue weighted by atomic mass is 32.3. The van der Waals surface area contributed by atoms with Crippen LogP contribution in [0.3, 0.4) is 0 Å². The molecule has 0 radical (unpaired) electrons. The number of pyridine rings is 1. The summed E-state index contributed by atoms with van der Waals surface area (Å²) in [6, 6.07) is 6.19. The van der Waals surface area contributed by atoms with Crippen molar-refractivity contribution in [3.63, 3.8) is 0 Å². The van der Waals surface area contributed by atoms with E-state index in [0.29, 0.717) is 16.9 Å². The van der Waals surface area contributed by atoms with Crippen LogP contribution in [0.4, 0.5) is 24.1 Å². The zero-order valence-corrected chi connectivity index (χ0v) is 29.2. The molecule has 0 saturated carbocycles. The predicted molar refractivity (Wildman–Crippen MR) is 173 cm³/mol. The van der Waals surface area contributed by atoms with Crippen molar-refractivity contribution >= 4 is 72.9 Å². The summed E-state index contributed by atoms with van der Waals surface area (Å²) in [5, 5.41) is 35.0. The summed E-state index contributed by atoms with van der Waals surface area (Å²) in [6.07, 6.45) is -4.97. The minimum Gasteiger partial charge on any atom is -0.542 e. The number of rotatable bonds is 13. The highest BCUT2D eigenvalue weighted by Gasteiger charge is 2.58. The molecule has 20 nitrogen and oxygen atoms in total. The van der Waals surface area contributed by atoms with E-state index in [1.807, 2.05) is 29.9 Å². The molecule has 2 amide bonds. The summed E-state index contributed by atoms with van der Waals surface area (Å²) in [4.78, 5) is 55.8. The number of anilines is 2. The number of carbonyl (C=O) groups excluding carboxylic acids is 3. The number of aromatic nitrogens is 2. The third-order valence-electron chi connectivity index (χ3n) is 7.51. The molecule has 2 saturated heterocycles. The molecule has 0 aliphatic carbocycles. The van der Waals surface area contributed by atoms with Crippen molar-refractivity contribution in [3.05, 3.63) is 41.5 Å². The van der Waals surface area contributed by atoms with Crippen molar-refractivity contribution in [2.75, 3.05) is 30.7 Å². The van der Waals surface area contributed by atoms with Gasteiger partial charge in [-0.1, -0.05) is 5.16 Å². The number of hydroxylamine groups is 2. The zero-order chi connectivity index (χ0) is 39.5. The van der Waals surface area contributed by atoms with Gasteiger partial charge in [-0.05, 0) is 43.5 Å². The fourth-order valence-corrected chi connectivity index (χ4v) is 5.66. The molecule has 25 heteroatoms. The minimum atomic E-state index is -5.19. The lowest BCUT2D eigenvalue weighted by Crippen LogP contribution is -2.76. The topological polar surface area (TPSA) is 288 Å². The first-order valence-electron chi connectivity index (χ1n) is 14.9. The molecule has 288 valence electrons. The monoisotopic (exact) mass is 792 g/mol. The van der Waals surface area contributed by atoms with E-state index < -0.39 is 70.3 Å². The third-order valence-corrected chi connectivity index (χ3v) is 8.52. The second-order valence-corrected chi connectivity index (χ2v) is 13.7. The molecule has 53 heavy (non-hydrogen) atoms. The molecule has 1 aromatic carbocycles. The van der Waals surface area contributed by atoms with Crippen molar-refractivity contribution in [3.8, 4) is 5.75 Å². The number of carboxylic acid groups (broad SMARTS) is 2. The normalized spacial score (nSPS) is 17.8. The number of thiazole rings is 1. The maximum Gasteiger partial charge on any atom is 0.430 e. The molecule has 0 spiro atoms. The number of oxime groups is 1. The van der Waals surface area contributed by atoms with Crippen LogP contribution in [0.15, 0.2) is 41.0 Å². The smallest absolute Gasteiger partial charge is 0.430 e. The number of halogens is 3. The summed E-state index contributed by atoms with van der Waals surface area (Å²) in [6.45, 7) is 3.96. The number of benzene rings is 1. The van der Waals surface area contributed by atoms with Crippen LogP contribution >= 0.6 is 11.3 Å². The van der Waals surface area contributed by atoms with Crippen LogP contribution in [0.5, 0.6) is 5.75 Å². The van der Waals surface area contributed by atoms with Crippen molar-refractivity contribution in [1.29, 1.82) is 0 Å². The van der Waals surface area contributed by atoms with Gasteiger partial charge >= 0.3 is 22.5 Å². The molecule has 7 N–H and O–H groups in total. The van der Waals surface area contributed by atoms with Crippen LogP contribution in [0.25, 0.3) is 10.8 Å². The average Bonchev–Trinajstić information content (AvgIpc) is 3.47. The third kappa shape index (κ3) is 9.95. The number of hydrogen-bond acceptors (Lipinski definition) is 16. The Hall–Kier alpha value is -5.37. The number of carbonyl (C=O) groups is 4. The first-order chi connectivity index (χ1) is 24.6. The van der Waals surface area contributed by atoms with Crippen LogP contribution in [0, 0.1) is 0 Å². The molecule has 2 aliphatic rings. The predicted octanol–water partition coefficient (Wildman–Crippen LogP) is -1.52. The number of β-lactam (4-membered cyclic amide) rings is 1. The van der Waals surface area contributed by atoms with Crippen molar-refractivity contribution in [1.82, 2.24) is 20.7 Å². The Morgan fingerprint density at radius 2 is 1.94 bits per heavy atom. The van der Waals surface area contributed by atoms with Gasteiger partial charge in [0, 0.05) is 18.5 Å². The molecule has 2 unspecified atom stereocenters. The number of fused-ring (bicyclic) bond motifs is 1. The van der Waals surface area contributed by atoms with Gasteiger partial charge in [0.1, 0.15) is 36.1 Å². The lowest BCUT2D eigenvalue weighted by atomic mass is 9.84. The number of hydrogen-bond donors (Lipinski definition) is 6. The Bertz CT molecular complexity index is 2040. The second kappa shape index (κ2) is 15.7. The Balaban J connectivity index is 0.000000815. The van der Waals surface area contributed by atoms with Gasteiger partial charge in [-0.3, -0.25) is 19.5 Å². The summed E-state index contributed by atoms with van der Waals surface area (Å²) in [7, 11) is -3.08. The Labute approximate surface area is 301 Å². The van der Waals surface area contributed by atoms with Crippen LogP contribution in [-0.4, -0.2) is 107 Å². The van der Waals surface area contributed by atoms with Gasteiger partial charge in [0.05, 0.1) is 24.2 Å². The number of nitrogens with one attached hydrogen (secondary N) is 3. The molecular formula is C28H31F3N8O12S2. The summed E-state index contributed by atoms with van der Waals surface area (Å²) >= 11 is 0.965. The van der Waals surface area contributed by atoms with Crippen molar-refractivity contribution < 1.29 is 74.0 Å². The first kappa shape index (κ1) is 40.4. The maximum absolute atomic E-state index is 13.2. The Morgan fingerprint density at radius 3 is 2.45 bits per heavy atom. The fourth-order valence-electron chi connectivity index (χ4n) is 4.66. The molecule has 4 heterocycles. The van der Waals surface area contributed by atoms with Gasteiger partial charge in [-0.2, -0.15) is 26.7 Å². The maximum atomic E-state index is 13.2. The number of nitrogens with zero attached hydrogens (tertiary/aromatic N) is 4. The average molecular weight is 793 g/mol. The van der Waals surface area contributed by atoms with E-state index in [-0.39, 0.29) is 10.8 Å². The minimum absolute atomic E-state index is 0.0639. The number of alkyl halides is 3. The summed E-state index contributed by atoms with van der Waals surface area (Å²) in [5.41, 5.74) is 3.69. The number of aliphatic carboxylic acids is 2.